The third kappa shape index (κ3) is 6.46. The summed E-state index contributed by atoms with van der Waals surface area (Å²) in [5.41, 5.74) is 1.66. The van der Waals surface area contributed by atoms with Crippen molar-refractivity contribution in [3.05, 3.63) is 129 Å². The third-order valence-electron chi connectivity index (χ3n) is 6.39. The second-order valence-electron chi connectivity index (χ2n) is 9.31. The zero-order chi connectivity index (χ0) is 29.9. The molecule has 5 rings (SSSR count). The number of aromatic nitrogens is 2. The number of alkyl halides is 3. The summed E-state index contributed by atoms with van der Waals surface area (Å²) < 4.78 is 68.7. The average molecular weight is 583 g/mol. The van der Waals surface area contributed by atoms with E-state index in [4.69, 9.17) is 4.42 Å². The minimum absolute atomic E-state index is 0.104. The lowest BCUT2D eigenvalue weighted by Gasteiger charge is -2.15. The second kappa shape index (κ2) is 11.5. The van der Waals surface area contributed by atoms with Crippen LogP contribution in [0.3, 0.4) is 0 Å². The molecule has 5 aromatic rings. The van der Waals surface area contributed by atoms with Crippen molar-refractivity contribution >= 4 is 20.7 Å². The Kier molecular flexibility index (Phi) is 8.29. The predicted octanol–water partition coefficient (Wildman–Crippen LogP) is 6.35. The fraction of sp³-hybridized carbons (Fsp3) is 0.167. The van der Waals surface area contributed by atoms with Crippen LogP contribution in [-0.4, -0.2) is 13.4 Å². The molecule has 212 valence electrons. The first-order chi connectivity index (χ1) is 19.3. The van der Waals surface area contributed by atoms with Crippen molar-refractivity contribution in [2.24, 2.45) is 0 Å². The van der Waals surface area contributed by atoms with Crippen molar-refractivity contribution < 1.29 is 30.7 Å². The zero-order valence-electron chi connectivity index (χ0n) is 22.2. The smallest absolute Gasteiger partial charge is 0.416 e. The maximum atomic E-state index is 12.7. The Morgan fingerprint density at radius 3 is 2.34 bits per heavy atom. The first-order valence-corrected chi connectivity index (χ1v) is 13.9. The highest BCUT2D eigenvalue weighted by Gasteiger charge is 2.32. The molecule has 7 nitrogen and oxygen atoms in total. The molecule has 41 heavy (non-hydrogen) atoms. The summed E-state index contributed by atoms with van der Waals surface area (Å²) in [5, 5.41) is 11.0. The van der Waals surface area contributed by atoms with Gasteiger partial charge in [-0.25, -0.2) is 18.2 Å². The summed E-state index contributed by atoms with van der Waals surface area (Å²) in [4.78, 5) is 15.9. The molecule has 1 unspecified atom stereocenters. The number of hydrogen-bond acceptors (Lipinski definition) is 6. The monoisotopic (exact) mass is 582 g/mol. The van der Waals surface area contributed by atoms with Crippen LogP contribution in [0, 0.1) is 19.1 Å². The third-order valence-corrected chi connectivity index (χ3v) is 8.47. The Labute approximate surface area is 234 Å². The van der Waals surface area contributed by atoms with Gasteiger partial charge in [0, 0.05) is 17.7 Å². The molecule has 11 heteroatoms. The molecule has 3 aromatic carbocycles. The van der Waals surface area contributed by atoms with Crippen molar-refractivity contribution in [3.63, 3.8) is 0 Å². The standard InChI is InChI=1S/C15H8F3NO2.C15H17NO3S/c16-15(17,18)10-5-3-4-9(8-10)13-19-12-7-2-1-6-11(12)14(20)21-13;1-11-7-8-12(2)14(10-11)13(3)20(18,19)15-6-4-5-9-16(15)17/h1-8H;4-10,13H,1-3H3. The highest BCUT2D eigenvalue weighted by Crippen LogP contribution is 2.32. The summed E-state index contributed by atoms with van der Waals surface area (Å²) in [6.45, 7) is 5.40. The van der Waals surface area contributed by atoms with Gasteiger partial charge < -0.3 is 9.62 Å². The van der Waals surface area contributed by atoms with E-state index in [9.17, 15) is 31.6 Å². The molecule has 1 atom stereocenters. The number of hydrogen-bond donors (Lipinski definition) is 0. The van der Waals surface area contributed by atoms with Crippen LogP contribution in [0.5, 0.6) is 0 Å². The van der Waals surface area contributed by atoms with Gasteiger partial charge >= 0.3 is 16.8 Å². The summed E-state index contributed by atoms with van der Waals surface area (Å²) in [6.07, 6.45) is -3.27. The molecule has 0 fully saturated rings. The fourth-order valence-electron chi connectivity index (χ4n) is 4.15. The average Bonchev–Trinajstić information content (AvgIpc) is 2.94. The van der Waals surface area contributed by atoms with E-state index in [0.29, 0.717) is 10.2 Å². The van der Waals surface area contributed by atoms with Crippen LogP contribution in [0.4, 0.5) is 13.2 Å². The molecular weight excluding hydrogens is 557 g/mol. The number of para-hydroxylation sites is 1. The van der Waals surface area contributed by atoms with E-state index < -0.39 is 32.5 Å². The molecule has 0 amide bonds. The lowest BCUT2D eigenvalue weighted by atomic mass is 10.0. The molecule has 0 N–H and O–H groups in total. The normalized spacial score (nSPS) is 12.4. The van der Waals surface area contributed by atoms with Crippen molar-refractivity contribution in [2.75, 3.05) is 0 Å². The lowest BCUT2D eigenvalue weighted by Crippen LogP contribution is -2.34. The van der Waals surface area contributed by atoms with Crippen molar-refractivity contribution in [1.29, 1.82) is 0 Å². The predicted molar refractivity (Wildman–Crippen MR) is 148 cm³/mol. The number of sulfone groups is 1. The molecule has 2 heterocycles. The first-order valence-electron chi connectivity index (χ1n) is 12.4. The van der Waals surface area contributed by atoms with E-state index in [2.05, 4.69) is 4.98 Å². The van der Waals surface area contributed by atoms with Crippen LogP contribution in [-0.2, 0) is 16.0 Å². The fourth-order valence-corrected chi connectivity index (χ4v) is 5.68. The Hall–Kier alpha value is -4.51. The summed E-state index contributed by atoms with van der Waals surface area (Å²) >= 11 is 0. The number of fused-ring (bicyclic) bond motifs is 1. The van der Waals surface area contributed by atoms with Gasteiger partial charge in [-0.15, -0.1) is 0 Å². The van der Waals surface area contributed by atoms with E-state index in [0.717, 1.165) is 28.8 Å². The Balaban J connectivity index is 0.000000189. The minimum Gasteiger partial charge on any atom is -0.618 e. The summed E-state index contributed by atoms with van der Waals surface area (Å²) in [5.74, 6) is -0.134. The van der Waals surface area contributed by atoms with Gasteiger partial charge in [-0.1, -0.05) is 42.0 Å². The van der Waals surface area contributed by atoms with Gasteiger partial charge in [-0.2, -0.15) is 17.9 Å². The molecule has 0 radical (unpaired) electrons. The van der Waals surface area contributed by atoms with Crippen LogP contribution < -0.4 is 10.4 Å². The molecule has 0 bridgehead atoms. The topological polar surface area (TPSA) is 104 Å². The van der Waals surface area contributed by atoms with Crippen LogP contribution in [0.25, 0.3) is 22.4 Å². The van der Waals surface area contributed by atoms with Gasteiger partial charge in [0.1, 0.15) is 0 Å². The maximum absolute atomic E-state index is 12.7. The molecule has 0 saturated carbocycles. The van der Waals surface area contributed by atoms with Crippen LogP contribution in [0.1, 0.15) is 34.4 Å². The number of benzene rings is 3. The van der Waals surface area contributed by atoms with E-state index in [-0.39, 0.29) is 21.9 Å². The molecule has 2 aromatic heterocycles. The molecule has 0 saturated heterocycles. The number of rotatable bonds is 4. The van der Waals surface area contributed by atoms with Gasteiger partial charge in [-0.3, -0.25) is 0 Å². The Morgan fingerprint density at radius 2 is 1.63 bits per heavy atom. The number of pyridine rings is 1. The quantitative estimate of drug-likeness (QED) is 0.181. The van der Waals surface area contributed by atoms with Crippen molar-refractivity contribution in [3.8, 4) is 11.5 Å². The minimum atomic E-state index is -4.47. The van der Waals surface area contributed by atoms with Gasteiger partial charge in [0.05, 0.1) is 21.7 Å². The Morgan fingerprint density at radius 1 is 0.927 bits per heavy atom. The molecule has 0 aliphatic heterocycles. The van der Waals surface area contributed by atoms with Gasteiger partial charge in [0.25, 0.3) is 0 Å². The van der Waals surface area contributed by atoms with E-state index in [1.54, 1.807) is 37.3 Å². The SMILES string of the molecule is Cc1ccc(C)c(C(C)S(=O)(=O)c2cccc[n+]2[O-])c1.O=c1oc(-c2cccc(C(F)(F)F)c2)nc2ccccc12. The molecular formula is C30H25F3N2O5S. The van der Waals surface area contributed by atoms with Crippen LogP contribution in [0.15, 0.2) is 105 Å². The van der Waals surface area contributed by atoms with Gasteiger partial charge in [0.2, 0.25) is 15.7 Å². The maximum Gasteiger partial charge on any atom is 0.416 e. The Bertz CT molecular complexity index is 1890. The van der Waals surface area contributed by atoms with E-state index in [1.807, 2.05) is 32.0 Å². The van der Waals surface area contributed by atoms with Crippen molar-refractivity contribution in [1.82, 2.24) is 4.98 Å². The summed E-state index contributed by atoms with van der Waals surface area (Å²) in [7, 11) is -3.71. The van der Waals surface area contributed by atoms with Crippen LogP contribution in [0.2, 0.25) is 0 Å². The van der Waals surface area contributed by atoms with Gasteiger partial charge in [-0.05, 0) is 68.3 Å². The van der Waals surface area contributed by atoms with Gasteiger partial charge in [0.15, 0.2) is 6.20 Å². The number of nitrogens with zero attached hydrogens (tertiary/aromatic N) is 2. The zero-order valence-corrected chi connectivity index (χ0v) is 23.0. The number of aryl methyl sites for hydroxylation is 2. The first kappa shape index (κ1) is 29.5. The summed E-state index contributed by atoms with van der Waals surface area (Å²) in [6, 6.07) is 21.1. The second-order valence-corrected chi connectivity index (χ2v) is 11.5. The van der Waals surface area contributed by atoms with Crippen LogP contribution >= 0.6 is 0 Å². The largest absolute Gasteiger partial charge is 0.618 e. The highest BCUT2D eigenvalue weighted by atomic mass is 32.2. The lowest BCUT2D eigenvalue weighted by molar-refractivity contribution is -0.646. The van der Waals surface area contributed by atoms with E-state index >= 15 is 0 Å². The van der Waals surface area contributed by atoms with Crippen molar-refractivity contribution in [2.45, 2.75) is 37.2 Å². The van der Waals surface area contributed by atoms with E-state index in [1.165, 1.54) is 30.5 Å². The number of halogens is 3. The molecule has 0 spiro atoms. The molecule has 0 aliphatic carbocycles. The highest BCUT2D eigenvalue weighted by molar-refractivity contribution is 7.91. The molecule has 0 aliphatic rings.